The summed E-state index contributed by atoms with van der Waals surface area (Å²) in [6.45, 7) is 0. The first kappa shape index (κ1) is 12.4. The molecular formula is C12H8F3N5. The topological polar surface area (TPSA) is 59.4 Å². The molecule has 102 valence electrons. The molecular weight excluding hydrogens is 271 g/mol. The second-order valence-corrected chi connectivity index (χ2v) is 4.04. The zero-order chi connectivity index (χ0) is 14.2. The van der Waals surface area contributed by atoms with Crippen molar-refractivity contribution >= 4 is 0 Å². The first-order valence-corrected chi connectivity index (χ1v) is 5.61. The van der Waals surface area contributed by atoms with Crippen LogP contribution in [0.4, 0.5) is 13.2 Å². The number of alkyl halides is 3. The molecule has 0 aromatic carbocycles. The molecule has 0 aliphatic rings. The fourth-order valence-electron chi connectivity index (χ4n) is 1.80. The van der Waals surface area contributed by atoms with Gasteiger partial charge >= 0.3 is 6.18 Å². The molecule has 8 heteroatoms. The number of rotatable bonds is 2. The van der Waals surface area contributed by atoms with Crippen molar-refractivity contribution in [3.8, 4) is 16.9 Å². The molecule has 3 heterocycles. The SMILES string of the molecule is FC(F)(F)c1[nH]ncc1-n1cnc(-c2cccnc2)c1. The highest BCUT2D eigenvalue weighted by molar-refractivity contribution is 5.57. The molecule has 3 aromatic rings. The van der Waals surface area contributed by atoms with Gasteiger partial charge in [0.15, 0.2) is 5.69 Å². The zero-order valence-corrected chi connectivity index (χ0v) is 9.96. The highest BCUT2D eigenvalue weighted by atomic mass is 19.4. The molecule has 0 fully saturated rings. The molecule has 3 aromatic heterocycles. The maximum atomic E-state index is 12.8. The van der Waals surface area contributed by atoms with Crippen molar-refractivity contribution in [1.82, 2.24) is 24.7 Å². The molecule has 20 heavy (non-hydrogen) atoms. The number of aromatic nitrogens is 5. The monoisotopic (exact) mass is 279 g/mol. The van der Waals surface area contributed by atoms with Crippen LogP contribution in [0.2, 0.25) is 0 Å². The summed E-state index contributed by atoms with van der Waals surface area (Å²) < 4.78 is 39.6. The van der Waals surface area contributed by atoms with Crippen LogP contribution in [0.5, 0.6) is 0 Å². The molecule has 0 aliphatic heterocycles. The number of hydrogen-bond acceptors (Lipinski definition) is 3. The van der Waals surface area contributed by atoms with Crippen LogP contribution in [0.1, 0.15) is 5.69 Å². The first-order chi connectivity index (χ1) is 9.55. The summed E-state index contributed by atoms with van der Waals surface area (Å²) >= 11 is 0. The third-order valence-corrected chi connectivity index (χ3v) is 2.72. The van der Waals surface area contributed by atoms with Crippen LogP contribution in [0.25, 0.3) is 16.9 Å². The van der Waals surface area contributed by atoms with Crippen LogP contribution in [-0.4, -0.2) is 24.7 Å². The van der Waals surface area contributed by atoms with E-state index >= 15 is 0 Å². The number of hydrogen-bond donors (Lipinski definition) is 1. The highest BCUT2D eigenvalue weighted by Crippen LogP contribution is 2.32. The smallest absolute Gasteiger partial charge is 0.302 e. The molecule has 1 N–H and O–H groups in total. The van der Waals surface area contributed by atoms with Crippen LogP contribution in [0, 0.1) is 0 Å². The maximum absolute atomic E-state index is 12.8. The standard InChI is InChI=1S/C12H8F3N5/c13-12(14,15)11-10(5-18-19-11)20-6-9(17-7-20)8-2-1-3-16-4-8/h1-7H,(H,18,19). The summed E-state index contributed by atoms with van der Waals surface area (Å²) in [5, 5.41) is 5.40. The van der Waals surface area contributed by atoms with Crippen molar-refractivity contribution in [3.05, 3.63) is 48.9 Å². The number of aromatic amines is 1. The minimum absolute atomic E-state index is 0.0971. The van der Waals surface area contributed by atoms with Crippen molar-refractivity contribution in [1.29, 1.82) is 0 Å². The van der Waals surface area contributed by atoms with E-state index in [0.29, 0.717) is 5.69 Å². The number of nitrogens with zero attached hydrogens (tertiary/aromatic N) is 4. The molecule has 0 aliphatic carbocycles. The van der Waals surface area contributed by atoms with Gasteiger partial charge in [-0.15, -0.1) is 0 Å². The molecule has 0 radical (unpaired) electrons. The average molecular weight is 279 g/mol. The lowest BCUT2D eigenvalue weighted by molar-refractivity contribution is -0.141. The first-order valence-electron chi connectivity index (χ1n) is 5.61. The van der Waals surface area contributed by atoms with E-state index in [1.54, 1.807) is 24.5 Å². The quantitative estimate of drug-likeness (QED) is 0.784. The van der Waals surface area contributed by atoms with Crippen molar-refractivity contribution in [2.75, 3.05) is 0 Å². The second-order valence-electron chi connectivity index (χ2n) is 4.04. The minimum Gasteiger partial charge on any atom is -0.302 e. The third kappa shape index (κ3) is 2.15. The van der Waals surface area contributed by atoms with Crippen LogP contribution in [0.3, 0.4) is 0 Å². The van der Waals surface area contributed by atoms with Crippen LogP contribution < -0.4 is 0 Å². The van der Waals surface area contributed by atoms with E-state index in [1.807, 2.05) is 5.10 Å². The lowest BCUT2D eigenvalue weighted by Gasteiger charge is -2.06. The molecule has 0 spiro atoms. The van der Waals surface area contributed by atoms with E-state index in [-0.39, 0.29) is 5.69 Å². The normalized spacial score (nSPS) is 11.8. The van der Waals surface area contributed by atoms with E-state index < -0.39 is 11.9 Å². The maximum Gasteiger partial charge on any atom is 0.434 e. The van der Waals surface area contributed by atoms with Crippen LogP contribution in [0.15, 0.2) is 43.2 Å². The predicted molar refractivity (Wildman–Crippen MR) is 63.9 cm³/mol. The Morgan fingerprint density at radius 1 is 1.20 bits per heavy atom. The number of pyridine rings is 1. The van der Waals surface area contributed by atoms with E-state index in [9.17, 15) is 13.2 Å². The predicted octanol–water partition coefficient (Wildman–Crippen LogP) is 2.68. The Hall–Kier alpha value is -2.64. The number of nitrogens with one attached hydrogen (secondary N) is 1. The lowest BCUT2D eigenvalue weighted by Crippen LogP contribution is -2.09. The van der Waals surface area contributed by atoms with Gasteiger partial charge in [0.05, 0.1) is 17.6 Å². The fraction of sp³-hybridized carbons (Fsp3) is 0.0833. The summed E-state index contributed by atoms with van der Waals surface area (Å²) in [5.74, 6) is 0. The van der Waals surface area contributed by atoms with E-state index in [0.717, 1.165) is 11.8 Å². The van der Waals surface area contributed by atoms with Gasteiger partial charge in [-0.05, 0) is 12.1 Å². The Labute approximate surface area is 111 Å². The largest absolute Gasteiger partial charge is 0.434 e. The molecule has 0 unspecified atom stereocenters. The Bertz CT molecular complexity index is 714. The van der Waals surface area contributed by atoms with E-state index in [1.165, 1.54) is 17.1 Å². The molecule has 0 saturated heterocycles. The van der Waals surface area contributed by atoms with Crippen molar-refractivity contribution in [2.24, 2.45) is 0 Å². The summed E-state index contributed by atoms with van der Waals surface area (Å²) in [4.78, 5) is 8.02. The van der Waals surface area contributed by atoms with Crippen LogP contribution >= 0.6 is 0 Å². The summed E-state index contributed by atoms with van der Waals surface area (Å²) in [5.41, 5.74) is 0.253. The molecule has 0 amide bonds. The van der Waals surface area contributed by atoms with Gasteiger partial charge in [-0.3, -0.25) is 10.1 Å². The van der Waals surface area contributed by atoms with E-state index in [2.05, 4.69) is 15.1 Å². The second kappa shape index (κ2) is 4.48. The molecule has 5 nitrogen and oxygen atoms in total. The van der Waals surface area contributed by atoms with Gasteiger partial charge < -0.3 is 4.57 Å². The minimum atomic E-state index is -4.50. The Morgan fingerprint density at radius 2 is 2.05 bits per heavy atom. The number of H-pyrrole nitrogens is 1. The van der Waals surface area contributed by atoms with Gasteiger partial charge in [0.25, 0.3) is 0 Å². The average Bonchev–Trinajstić information content (AvgIpc) is 3.08. The van der Waals surface area contributed by atoms with Gasteiger partial charge in [-0.1, -0.05) is 0 Å². The van der Waals surface area contributed by atoms with E-state index in [4.69, 9.17) is 0 Å². The molecule has 3 rings (SSSR count). The van der Waals surface area contributed by atoms with Gasteiger partial charge in [-0.25, -0.2) is 4.98 Å². The Kier molecular flexibility index (Phi) is 2.78. The van der Waals surface area contributed by atoms with Gasteiger partial charge in [-0.2, -0.15) is 18.3 Å². The molecule has 0 saturated carbocycles. The molecule has 0 bridgehead atoms. The van der Waals surface area contributed by atoms with Crippen molar-refractivity contribution < 1.29 is 13.2 Å². The fourth-order valence-corrected chi connectivity index (χ4v) is 1.80. The van der Waals surface area contributed by atoms with Gasteiger partial charge in [0, 0.05) is 24.2 Å². The highest BCUT2D eigenvalue weighted by Gasteiger charge is 2.36. The summed E-state index contributed by atoms with van der Waals surface area (Å²) in [7, 11) is 0. The zero-order valence-electron chi connectivity index (χ0n) is 9.96. The summed E-state index contributed by atoms with van der Waals surface area (Å²) in [6, 6.07) is 3.51. The number of imidazole rings is 1. The van der Waals surface area contributed by atoms with Crippen LogP contribution in [-0.2, 0) is 6.18 Å². The Balaban J connectivity index is 2.02. The third-order valence-electron chi connectivity index (χ3n) is 2.72. The van der Waals surface area contributed by atoms with Crippen molar-refractivity contribution in [2.45, 2.75) is 6.18 Å². The Morgan fingerprint density at radius 3 is 2.75 bits per heavy atom. The summed E-state index contributed by atoms with van der Waals surface area (Å²) in [6.07, 6.45) is 2.62. The van der Waals surface area contributed by atoms with Crippen molar-refractivity contribution in [3.63, 3.8) is 0 Å². The number of halogens is 3. The lowest BCUT2D eigenvalue weighted by atomic mass is 10.2. The van der Waals surface area contributed by atoms with Gasteiger partial charge in [0.2, 0.25) is 0 Å². The van der Waals surface area contributed by atoms with Gasteiger partial charge in [0.1, 0.15) is 6.33 Å². The molecule has 0 atom stereocenters.